The van der Waals surface area contributed by atoms with Crippen LogP contribution in [0.15, 0.2) is 30.3 Å². The van der Waals surface area contributed by atoms with E-state index in [-0.39, 0.29) is 17.4 Å². The Bertz CT molecular complexity index is 460. The van der Waals surface area contributed by atoms with Crippen molar-refractivity contribution in [3.63, 3.8) is 0 Å². The molecule has 0 aliphatic heterocycles. The number of ether oxygens (including phenoxy) is 1. The average molecular weight is 303 g/mol. The van der Waals surface area contributed by atoms with Gasteiger partial charge in [0, 0.05) is 12.6 Å². The molecule has 2 rings (SSSR count). The van der Waals surface area contributed by atoms with E-state index in [1.165, 1.54) is 12.0 Å². The fourth-order valence-electron chi connectivity index (χ4n) is 3.22. The van der Waals surface area contributed by atoms with E-state index in [9.17, 15) is 4.79 Å². The molecule has 3 heteroatoms. The number of unbranched alkanes of at least 4 members (excludes halogenated alkanes) is 1. The van der Waals surface area contributed by atoms with Gasteiger partial charge in [0.1, 0.15) is 0 Å². The summed E-state index contributed by atoms with van der Waals surface area (Å²) in [7, 11) is 0. The first-order valence-corrected chi connectivity index (χ1v) is 8.61. The van der Waals surface area contributed by atoms with E-state index in [0.717, 1.165) is 38.6 Å². The molecule has 1 aliphatic carbocycles. The van der Waals surface area contributed by atoms with Crippen molar-refractivity contribution in [1.82, 2.24) is 5.32 Å². The molecular weight excluding hydrogens is 274 g/mol. The van der Waals surface area contributed by atoms with Gasteiger partial charge in [-0.2, -0.15) is 0 Å². The van der Waals surface area contributed by atoms with Gasteiger partial charge < -0.3 is 10.1 Å². The Labute approximate surface area is 134 Å². The van der Waals surface area contributed by atoms with Crippen molar-refractivity contribution in [2.24, 2.45) is 5.41 Å². The molecule has 0 bridgehead atoms. The first kappa shape index (κ1) is 17.0. The van der Waals surface area contributed by atoms with Gasteiger partial charge >= 0.3 is 5.97 Å². The Kier molecular flexibility index (Phi) is 6.44. The molecule has 0 unspecified atom stereocenters. The molecule has 0 saturated heterocycles. The van der Waals surface area contributed by atoms with E-state index in [2.05, 4.69) is 43.4 Å². The van der Waals surface area contributed by atoms with Gasteiger partial charge in [0.2, 0.25) is 0 Å². The summed E-state index contributed by atoms with van der Waals surface area (Å²) in [4.78, 5) is 12.6. The first-order chi connectivity index (χ1) is 10.7. The lowest BCUT2D eigenvalue weighted by atomic mass is 9.71. The van der Waals surface area contributed by atoms with Crippen LogP contribution >= 0.6 is 0 Å². The molecule has 1 aromatic rings. The number of carbonyl (C=O) groups is 1. The molecule has 2 atom stereocenters. The number of nitrogens with one attached hydrogen (secondary N) is 1. The van der Waals surface area contributed by atoms with Crippen LogP contribution < -0.4 is 5.32 Å². The van der Waals surface area contributed by atoms with E-state index in [1.54, 1.807) is 0 Å². The summed E-state index contributed by atoms with van der Waals surface area (Å²) < 4.78 is 5.53. The maximum absolute atomic E-state index is 12.6. The third-order valence-electron chi connectivity index (χ3n) is 4.80. The SMILES string of the molecule is CCCCOC(=O)[C@@]1(C)CCCC[C@@H]1NCc1ccccc1. The molecule has 0 aromatic heterocycles. The van der Waals surface area contributed by atoms with E-state index >= 15 is 0 Å². The molecule has 1 aromatic carbocycles. The van der Waals surface area contributed by atoms with E-state index < -0.39 is 0 Å². The average Bonchev–Trinajstić information content (AvgIpc) is 2.55. The van der Waals surface area contributed by atoms with Crippen LogP contribution in [0.5, 0.6) is 0 Å². The van der Waals surface area contributed by atoms with Gasteiger partial charge in [0.15, 0.2) is 0 Å². The minimum Gasteiger partial charge on any atom is -0.465 e. The van der Waals surface area contributed by atoms with Crippen molar-refractivity contribution in [3.05, 3.63) is 35.9 Å². The molecule has 3 nitrogen and oxygen atoms in total. The van der Waals surface area contributed by atoms with Crippen molar-refractivity contribution >= 4 is 5.97 Å². The van der Waals surface area contributed by atoms with Gasteiger partial charge in [0.05, 0.1) is 12.0 Å². The summed E-state index contributed by atoms with van der Waals surface area (Å²) in [6, 6.07) is 10.6. The van der Waals surface area contributed by atoms with E-state index in [0.29, 0.717) is 6.61 Å². The molecule has 1 fully saturated rings. The number of hydrogen-bond donors (Lipinski definition) is 1. The van der Waals surface area contributed by atoms with Gasteiger partial charge in [-0.05, 0) is 31.7 Å². The number of esters is 1. The van der Waals surface area contributed by atoms with E-state index in [1.807, 2.05) is 6.07 Å². The number of carbonyl (C=O) groups excluding carboxylic acids is 1. The van der Waals surface area contributed by atoms with Crippen LogP contribution in [0, 0.1) is 5.41 Å². The monoisotopic (exact) mass is 303 g/mol. The summed E-state index contributed by atoms with van der Waals surface area (Å²) in [6.45, 7) is 5.54. The smallest absolute Gasteiger partial charge is 0.313 e. The van der Waals surface area contributed by atoms with Gasteiger partial charge in [-0.15, -0.1) is 0 Å². The maximum Gasteiger partial charge on any atom is 0.313 e. The normalized spacial score (nSPS) is 24.9. The number of benzene rings is 1. The summed E-state index contributed by atoms with van der Waals surface area (Å²) in [5.74, 6) is -0.0220. The van der Waals surface area contributed by atoms with Crippen LogP contribution in [0.4, 0.5) is 0 Å². The van der Waals surface area contributed by atoms with Gasteiger partial charge in [-0.25, -0.2) is 0 Å². The zero-order chi connectivity index (χ0) is 15.8. The first-order valence-electron chi connectivity index (χ1n) is 8.61. The Hall–Kier alpha value is -1.35. The second-order valence-corrected chi connectivity index (χ2v) is 6.57. The molecule has 1 saturated carbocycles. The van der Waals surface area contributed by atoms with Crippen molar-refractivity contribution in [1.29, 1.82) is 0 Å². The number of rotatable bonds is 7. The lowest BCUT2D eigenvalue weighted by molar-refractivity contribution is -0.159. The molecule has 0 amide bonds. The zero-order valence-electron chi connectivity index (χ0n) is 13.9. The Balaban J connectivity index is 1.95. The third-order valence-corrected chi connectivity index (χ3v) is 4.80. The molecule has 1 N–H and O–H groups in total. The van der Waals surface area contributed by atoms with Crippen molar-refractivity contribution in [3.8, 4) is 0 Å². The van der Waals surface area contributed by atoms with Crippen LogP contribution in [0.1, 0.15) is 57.9 Å². The van der Waals surface area contributed by atoms with Crippen LogP contribution in [-0.2, 0) is 16.1 Å². The molecule has 0 spiro atoms. The van der Waals surface area contributed by atoms with Gasteiger partial charge in [-0.1, -0.05) is 56.5 Å². The Morgan fingerprint density at radius 1 is 1.32 bits per heavy atom. The molecule has 122 valence electrons. The standard InChI is InChI=1S/C19H29NO2/c1-3-4-14-22-18(21)19(2)13-9-8-12-17(19)20-15-16-10-6-5-7-11-16/h5-7,10-11,17,20H,3-4,8-9,12-15H2,1-2H3/t17-,19-/m0/s1. The number of hydrogen-bond acceptors (Lipinski definition) is 3. The Morgan fingerprint density at radius 2 is 2.09 bits per heavy atom. The fourth-order valence-corrected chi connectivity index (χ4v) is 3.22. The third kappa shape index (κ3) is 4.33. The highest BCUT2D eigenvalue weighted by Gasteiger charge is 2.43. The topological polar surface area (TPSA) is 38.3 Å². The fraction of sp³-hybridized carbons (Fsp3) is 0.632. The summed E-state index contributed by atoms with van der Waals surface area (Å²) in [6.07, 6.45) is 6.27. The highest BCUT2D eigenvalue weighted by atomic mass is 16.5. The van der Waals surface area contributed by atoms with Crippen LogP contribution in [0.3, 0.4) is 0 Å². The lowest BCUT2D eigenvalue weighted by Gasteiger charge is -2.39. The maximum atomic E-state index is 12.6. The molecule has 0 heterocycles. The molecule has 1 aliphatic rings. The summed E-state index contributed by atoms with van der Waals surface area (Å²) >= 11 is 0. The van der Waals surface area contributed by atoms with Crippen molar-refractivity contribution in [2.75, 3.05) is 6.61 Å². The predicted molar refractivity (Wildman–Crippen MR) is 89.5 cm³/mol. The van der Waals surface area contributed by atoms with Crippen LogP contribution in [-0.4, -0.2) is 18.6 Å². The highest BCUT2D eigenvalue weighted by molar-refractivity contribution is 5.77. The van der Waals surface area contributed by atoms with Crippen molar-refractivity contribution in [2.45, 2.75) is 65.0 Å². The zero-order valence-corrected chi connectivity index (χ0v) is 13.9. The van der Waals surface area contributed by atoms with Crippen molar-refractivity contribution < 1.29 is 9.53 Å². The minimum absolute atomic E-state index is 0.0220. The second kappa shape index (κ2) is 8.33. The minimum atomic E-state index is -0.388. The van der Waals surface area contributed by atoms with Crippen LogP contribution in [0.2, 0.25) is 0 Å². The van der Waals surface area contributed by atoms with Gasteiger partial charge in [-0.3, -0.25) is 4.79 Å². The summed E-state index contributed by atoms with van der Waals surface area (Å²) in [5, 5.41) is 3.60. The lowest BCUT2D eigenvalue weighted by Crippen LogP contribution is -2.50. The van der Waals surface area contributed by atoms with E-state index in [4.69, 9.17) is 4.74 Å². The molecule has 22 heavy (non-hydrogen) atoms. The largest absolute Gasteiger partial charge is 0.465 e. The summed E-state index contributed by atoms with van der Waals surface area (Å²) in [5.41, 5.74) is 0.871. The predicted octanol–water partition coefficient (Wildman–Crippen LogP) is 4.07. The Morgan fingerprint density at radius 3 is 2.82 bits per heavy atom. The quantitative estimate of drug-likeness (QED) is 0.609. The highest BCUT2D eigenvalue weighted by Crippen LogP contribution is 2.37. The second-order valence-electron chi connectivity index (χ2n) is 6.57. The molecule has 0 radical (unpaired) electrons. The van der Waals surface area contributed by atoms with Gasteiger partial charge in [0.25, 0.3) is 0 Å². The van der Waals surface area contributed by atoms with Crippen LogP contribution in [0.25, 0.3) is 0 Å². The molecular formula is C19H29NO2.